The van der Waals surface area contributed by atoms with Crippen molar-refractivity contribution < 1.29 is 5.11 Å². The summed E-state index contributed by atoms with van der Waals surface area (Å²) in [6.07, 6.45) is 9.15. The number of aryl methyl sites for hydroxylation is 1. The second-order valence-electron chi connectivity index (χ2n) is 5.37. The third kappa shape index (κ3) is 4.07. The van der Waals surface area contributed by atoms with Gasteiger partial charge in [0.2, 0.25) is 0 Å². The minimum atomic E-state index is -0.209. The minimum Gasteiger partial charge on any atom is -0.389 e. The molecule has 0 heterocycles. The molecule has 1 atom stereocenters. The van der Waals surface area contributed by atoms with Gasteiger partial charge in [0, 0.05) is 0 Å². The van der Waals surface area contributed by atoms with Crippen LogP contribution in [0.2, 0.25) is 0 Å². The highest BCUT2D eigenvalue weighted by Crippen LogP contribution is 2.30. The molecular formula is C18H24O. The number of hydrogen-bond acceptors (Lipinski definition) is 1. The quantitative estimate of drug-likeness (QED) is 0.773. The van der Waals surface area contributed by atoms with E-state index in [1.54, 1.807) is 0 Å². The first-order valence-electron chi connectivity index (χ1n) is 7.35. The van der Waals surface area contributed by atoms with Crippen LogP contribution in [0.4, 0.5) is 0 Å². The fraction of sp³-hybridized carbons (Fsp3) is 0.444. The molecule has 1 saturated carbocycles. The summed E-state index contributed by atoms with van der Waals surface area (Å²) in [6.45, 7) is 3.86. The Kier molecular flexibility index (Phi) is 5.41. The Morgan fingerprint density at radius 2 is 2.05 bits per heavy atom. The Bertz CT molecular complexity index is 430. The van der Waals surface area contributed by atoms with Crippen LogP contribution in [-0.4, -0.2) is 11.2 Å². The molecule has 2 rings (SSSR count). The van der Waals surface area contributed by atoms with Gasteiger partial charge in [0.15, 0.2) is 0 Å². The molecule has 19 heavy (non-hydrogen) atoms. The molecule has 1 fully saturated rings. The van der Waals surface area contributed by atoms with Gasteiger partial charge in [-0.1, -0.05) is 48.4 Å². The Balaban J connectivity index is 2.07. The lowest BCUT2D eigenvalue weighted by Gasteiger charge is -2.24. The van der Waals surface area contributed by atoms with E-state index in [2.05, 4.69) is 36.9 Å². The molecule has 1 unspecified atom stereocenters. The highest BCUT2D eigenvalue weighted by atomic mass is 16.3. The van der Waals surface area contributed by atoms with E-state index in [0.717, 1.165) is 38.5 Å². The monoisotopic (exact) mass is 256 g/mol. The SMILES string of the molecule is C=CC/C(CCc1ccccc1)=C1/CCCCC1O. The second-order valence-corrected chi connectivity index (χ2v) is 5.37. The van der Waals surface area contributed by atoms with Crippen molar-refractivity contribution in [2.75, 3.05) is 0 Å². The number of hydrogen-bond donors (Lipinski definition) is 1. The summed E-state index contributed by atoms with van der Waals surface area (Å²) < 4.78 is 0. The average molecular weight is 256 g/mol. The van der Waals surface area contributed by atoms with Crippen LogP contribution in [0.1, 0.15) is 44.1 Å². The van der Waals surface area contributed by atoms with Crippen molar-refractivity contribution in [3.05, 3.63) is 59.7 Å². The summed E-state index contributed by atoms with van der Waals surface area (Å²) in [7, 11) is 0. The first kappa shape index (κ1) is 14.1. The number of aliphatic hydroxyl groups excluding tert-OH is 1. The smallest absolute Gasteiger partial charge is 0.0752 e. The lowest BCUT2D eigenvalue weighted by Crippen LogP contribution is -2.17. The molecule has 1 aromatic carbocycles. The van der Waals surface area contributed by atoms with E-state index < -0.39 is 0 Å². The molecule has 0 amide bonds. The average Bonchev–Trinajstić information content (AvgIpc) is 2.45. The summed E-state index contributed by atoms with van der Waals surface area (Å²) in [5.74, 6) is 0. The highest BCUT2D eigenvalue weighted by molar-refractivity contribution is 5.24. The van der Waals surface area contributed by atoms with E-state index >= 15 is 0 Å². The first-order chi connectivity index (χ1) is 9.31. The Morgan fingerprint density at radius 3 is 2.74 bits per heavy atom. The summed E-state index contributed by atoms with van der Waals surface area (Å²) in [4.78, 5) is 0. The third-order valence-electron chi connectivity index (χ3n) is 3.98. The van der Waals surface area contributed by atoms with Crippen molar-refractivity contribution in [1.29, 1.82) is 0 Å². The van der Waals surface area contributed by atoms with Crippen LogP contribution in [0.5, 0.6) is 0 Å². The topological polar surface area (TPSA) is 20.2 Å². The van der Waals surface area contributed by atoms with Crippen molar-refractivity contribution in [3.8, 4) is 0 Å². The zero-order chi connectivity index (χ0) is 13.5. The molecule has 0 spiro atoms. The van der Waals surface area contributed by atoms with Gasteiger partial charge < -0.3 is 5.11 Å². The Morgan fingerprint density at radius 1 is 1.26 bits per heavy atom. The molecule has 1 nitrogen and oxygen atoms in total. The van der Waals surface area contributed by atoms with Crippen LogP contribution in [0, 0.1) is 0 Å². The lowest BCUT2D eigenvalue weighted by atomic mass is 9.85. The van der Waals surface area contributed by atoms with Crippen LogP contribution in [0.15, 0.2) is 54.1 Å². The maximum atomic E-state index is 10.2. The van der Waals surface area contributed by atoms with Gasteiger partial charge in [-0.3, -0.25) is 0 Å². The van der Waals surface area contributed by atoms with Gasteiger partial charge in [-0.25, -0.2) is 0 Å². The molecule has 0 aliphatic heterocycles. The van der Waals surface area contributed by atoms with E-state index in [1.807, 2.05) is 6.08 Å². The van der Waals surface area contributed by atoms with Crippen molar-refractivity contribution >= 4 is 0 Å². The van der Waals surface area contributed by atoms with Crippen LogP contribution < -0.4 is 0 Å². The number of allylic oxidation sites excluding steroid dienone is 2. The zero-order valence-corrected chi connectivity index (χ0v) is 11.6. The minimum absolute atomic E-state index is 0.209. The third-order valence-corrected chi connectivity index (χ3v) is 3.98. The van der Waals surface area contributed by atoms with E-state index in [1.165, 1.54) is 23.1 Å². The van der Waals surface area contributed by atoms with Gasteiger partial charge in [0.1, 0.15) is 0 Å². The summed E-state index contributed by atoms with van der Waals surface area (Å²) in [5.41, 5.74) is 4.07. The molecule has 0 aromatic heterocycles. The van der Waals surface area contributed by atoms with Gasteiger partial charge in [0.05, 0.1) is 6.10 Å². The molecule has 1 heteroatoms. The van der Waals surface area contributed by atoms with Gasteiger partial charge in [-0.05, 0) is 49.7 Å². The van der Waals surface area contributed by atoms with E-state index in [-0.39, 0.29) is 6.10 Å². The van der Waals surface area contributed by atoms with E-state index in [9.17, 15) is 5.11 Å². The van der Waals surface area contributed by atoms with Gasteiger partial charge in [0.25, 0.3) is 0 Å². The van der Waals surface area contributed by atoms with Gasteiger partial charge in [-0.2, -0.15) is 0 Å². The van der Waals surface area contributed by atoms with Crippen molar-refractivity contribution in [2.45, 2.75) is 51.0 Å². The van der Waals surface area contributed by atoms with Crippen LogP contribution in [0.25, 0.3) is 0 Å². The van der Waals surface area contributed by atoms with Gasteiger partial charge in [-0.15, -0.1) is 6.58 Å². The molecule has 1 N–H and O–H groups in total. The first-order valence-corrected chi connectivity index (χ1v) is 7.35. The van der Waals surface area contributed by atoms with E-state index in [0.29, 0.717) is 0 Å². The summed E-state index contributed by atoms with van der Waals surface area (Å²) in [5, 5.41) is 10.2. The van der Waals surface area contributed by atoms with Crippen LogP contribution in [-0.2, 0) is 6.42 Å². The largest absolute Gasteiger partial charge is 0.389 e. The Hall–Kier alpha value is -1.34. The maximum absolute atomic E-state index is 10.2. The van der Waals surface area contributed by atoms with Crippen molar-refractivity contribution in [3.63, 3.8) is 0 Å². The fourth-order valence-electron chi connectivity index (χ4n) is 2.91. The highest BCUT2D eigenvalue weighted by Gasteiger charge is 2.19. The number of aliphatic hydroxyl groups is 1. The molecule has 0 radical (unpaired) electrons. The second kappa shape index (κ2) is 7.30. The Labute approximate surface area is 116 Å². The van der Waals surface area contributed by atoms with Gasteiger partial charge >= 0.3 is 0 Å². The van der Waals surface area contributed by atoms with Crippen LogP contribution >= 0.6 is 0 Å². The van der Waals surface area contributed by atoms with Crippen molar-refractivity contribution in [2.24, 2.45) is 0 Å². The molecule has 1 aliphatic carbocycles. The molecule has 102 valence electrons. The number of benzene rings is 1. The molecule has 0 bridgehead atoms. The van der Waals surface area contributed by atoms with E-state index in [4.69, 9.17) is 0 Å². The molecule has 1 aliphatic rings. The standard InChI is InChI=1S/C18H24O/c1-2-8-16(17-11-6-7-12-18(17)19)14-13-15-9-4-3-5-10-15/h2-5,9-10,18-19H,1,6-8,11-14H2/b17-16+. The van der Waals surface area contributed by atoms with Crippen molar-refractivity contribution in [1.82, 2.24) is 0 Å². The zero-order valence-electron chi connectivity index (χ0n) is 11.6. The predicted molar refractivity (Wildman–Crippen MR) is 81.1 cm³/mol. The molecule has 1 aromatic rings. The fourth-order valence-corrected chi connectivity index (χ4v) is 2.91. The lowest BCUT2D eigenvalue weighted by molar-refractivity contribution is 0.176. The summed E-state index contributed by atoms with van der Waals surface area (Å²) in [6, 6.07) is 10.6. The normalized spacial score (nSPS) is 22.1. The predicted octanol–water partition coefficient (Wildman–Crippen LogP) is 4.43. The maximum Gasteiger partial charge on any atom is 0.0752 e. The molecular weight excluding hydrogens is 232 g/mol. The molecule has 0 saturated heterocycles. The summed E-state index contributed by atoms with van der Waals surface area (Å²) >= 11 is 0. The number of rotatable bonds is 5. The van der Waals surface area contributed by atoms with Crippen LogP contribution in [0.3, 0.4) is 0 Å².